The van der Waals surface area contributed by atoms with Crippen LogP contribution in [0.3, 0.4) is 0 Å². The summed E-state index contributed by atoms with van der Waals surface area (Å²) in [6.07, 6.45) is 3.70. The molecule has 1 fully saturated rings. The number of carbonyl (C=O) groups excluding carboxylic acids is 1. The van der Waals surface area contributed by atoms with Crippen molar-refractivity contribution in [2.45, 2.75) is 45.2 Å². The van der Waals surface area contributed by atoms with E-state index >= 15 is 0 Å². The van der Waals surface area contributed by atoms with Crippen molar-refractivity contribution in [2.75, 3.05) is 13.1 Å². The zero-order valence-electron chi connectivity index (χ0n) is 21.9. The minimum absolute atomic E-state index is 0.0500. The standard InChI is InChI=1S/C28H27F3N6O3/c1-3-23(17-11-19(30)13-20(31)12-17)37-25(21-7-10-36(4-2)34-21)33-26(38)24(28(37)40)27(39)35-9-6-16(15-35)22-14-18(29)5-8-32-22/h5,7-8,10-14,16,23,38H,3-4,6,9,15H2,1-2H3. The Bertz CT molecular complexity index is 1620. The predicted molar refractivity (Wildman–Crippen MR) is 139 cm³/mol. The van der Waals surface area contributed by atoms with Crippen LogP contribution in [-0.2, 0) is 6.54 Å². The highest BCUT2D eigenvalue weighted by Crippen LogP contribution is 2.31. The smallest absolute Gasteiger partial charge is 0.271 e. The number of pyridine rings is 1. The van der Waals surface area contributed by atoms with Crippen molar-refractivity contribution in [1.82, 2.24) is 29.2 Å². The third-order valence-electron chi connectivity index (χ3n) is 7.11. The average Bonchev–Trinajstić information content (AvgIpc) is 3.60. The van der Waals surface area contributed by atoms with Crippen molar-refractivity contribution in [3.63, 3.8) is 0 Å². The number of halogens is 3. The molecular weight excluding hydrogens is 525 g/mol. The van der Waals surface area contributed by atoms with Crippen LogP contribution >= 0.6 is 0 Å². The molecule has 0 radical (unpaired) electrons. The summed E-state index contributed by atoms with van der Waals surface area (Å²) in [5.74, 6) is -3.93. The summed E-state index contributed by atoms with van der Waals surface area (Å²) in [5.41, 5.74) is -0.565. The molecule has 4 heterocycles. The Balaban J connectivity index is 1.61. The lowest BCUT2D eigenvalue weighted by molar-refractivity contribution is 0.0784. The fourth-order valence-electron chi connectivity index (χ4n) is 5.16. The predicted octanol–water partition coefficient (Wildman–Crippen LogP) is 4.27. The van der Waals surface area contributed by atoms with Crippen molar-refractivity contribution in [3.8, 4) is 17.4 Å². The van der Waals surface area contributed by atoms with E-state index in [1.807, 2.05) is 6.92 Å². The highest BCUT2D eigenvalue weighted by atomic mass is 19.1. The number of amides is 1. The lowest BCUT2D eigenvalue weighted by Gasteiger charge is -2.24. The molecule has 2 atom stereocenters. The first kappa shape index (κ1) is 27.1. The summed E-state index contributed by atoms with van der Waals surface area (Å²) < 4.78 is 44.9. The minimum Gasteiger partial charge on any atom is -0.493 e. The van der Waals surface area contributed by atoms with Crippen LogP contribution in [-0.4, -0.2) is 53.3 Å². The quantitative estimate of drug-likeness (QED) is 0.367. The van der Waals surface area contributed by atoms with Gasteiger partial charge in [0.25, 0.3) is 11.5 Å². The fraction of sp³-hybridized carbons (Fsp3) is 0.321. The molecule has 1 aliphatic heterocycles. The van der Waals surface area contributed by atoms with Crippen LogP contribution in [0.2, 0.25) is 0 Å². The Kier molecular flexibility index (Phi) is 7.42. The van der Waals surface area contributed by atoms with Gasteiger partial charge in [0.05, 0.1) is 6.04 Å². The molecule has 1 N–H and O–H groups in total. The topological polar surface area (TPSA) is 106 Å². The first-order valence-electron chi connectivity index (χ1n) is 13.0. The molecule has 208 valence electrons. The van der Waals surface area contributed by atoms with Crippen molar-refractivity contribution in [2.24, 2.45) is 0 Å². The number of aromatic hydroxyl groups is 1. The van der Waals surface area contributed by atoms with E-state index in [2.05, 4.69) is 15.1 Å². The number of aromatic nitrogens is 5. The highest BCUT2D eigenvalue weighted by Gasteiger charge is 2.34. The maximum Gasteiger partial charge on any atom is 0.271 e. The molecule has 0 bridgehead atoms. The zero-order valence-corrected chi connectivity index (χ0v) is 21.9. The molecule has 2 unspecified atom stereocenters. The third-order valence-corrected chi connectivity index (χ3v) is 7.11. The molecule has 9 nitrogen and oxygen atoms in total. The van der Waals surface area contributed by atoms with Crippen molar-refractivity contribution < 1.29 is 23.1 Å². The number of benzene rings is 1. The number of nitrogens with zero attached hydrogens (tertiary/aromatic N) is 6. The van der Waals surface area contributed by atoms with E-state index in [-0.39, 0.29) is 42.5 Å². The maximum atomic E-state index is 14.2. The van der Waals surface area contributed by atoms with Crippen LogP contribution in [0, 0.1) is 17.5 Å². The largest absolute Gasteiger partial charge is 0.493 e. The molecule has 0 spiro atoms. The molecule has 40 heavy (non-hydrogen) atoms. The van der Waals surface area contributed by atoms with Crippen molar-refractivity contribution in [1.29, 1.82) is 0 Å². The average molecular weight is 553 g/mol. The minimum atomic E-state index is -0.929. The van der Waals surface area contributed by atoms with Gasteiger partial charge in [-0.1, -0.05) is 6.92 Å². The summed E-state index contributed by atoms with van der Waals surface area (Å²) in [7, 11) is 0. The fourth-order valence-corrected chi connectivity index (χ4v) is 5.16. The van der Waals surface area contributed by atoms with Gasteiger partial charge in [-0.25, -0.2) is 13.2 Å². The van der Waals surface area contributed by atoms with E-state index in [0.717, 1.165) is 22.8 Å². The first-order valence-corrected chi connectivity index (χ1v) is 13.0. The van der Waals surface area contributed by atoms with Gasteiger partial charge in [0, 0.05) is 49.7 Å². The second-order valence-electron chi connectivity index (χ2n) is 9.63. The van der Waals surface area contributed by atoms with Gasteiger partial charge in [-0.15, -0.1) is 0 Å². The van der Waals surface area contributed by atoms with Crippen molar-refractivity contribution in [3.05, 3.63) is 93.4 Å². The van der Waals surface area contributed by atoms with E-state index in [9.17, 15) is 27.9 Å². The van der Waals surface area contributed by atoms with Gasteiger partial charge in [0.15, 0.2) is 11.4 Å². The Morgan fingerprint density at radius 1 is 1.10 bits per heavy atom. The number of hydrogen-bond acceptors (Lipinski definition) is 6. The van der Waals surface area contributed by atoms with E-state index in [1.165, 1.54) is 23.2 Å². The Labute approximate surface area is 227 Å². The lowest BCUT2D eigenvalue weighted by atomic mass is 10.0. The van der Waals surface area contributed by atoms with Crippen LogP contribution in [0.1, 0.15) is 60.3 Å². The van der Waals surface area contributed by atoms with Gasteiger partial charge in [0.2, 0.25) is 5.88 Å². The number of hydrogen-bond donors (Lipinski definition) is 1. The third kappa shape index (κ3) is 5.08. The number of rotatable bonds is 7. The number of aryl methyl sites for hydroxylation is 1. The molecule has 0 saturated carbocycles. The molecule has 3 aromatic heterocycles. The van der Waals surface area contributed by atoms with Gasteiger partial charge in [-0.2, -0.15) is 10.1 Å². The van der Waals surface area contributed by atoms with Crippen LogP contribution in [0.15, 0.2) is 53.6 Å². The summed E-state index contributed by atoms with van der Waals surface area (Å²) in [5, 5.41) is 15.3. The Morgan fingerprint density at radius 3 is 2.50 bits per heavy atom. The molecular formula is C28H27F3N6O3. The molecule has 0 aliphatic carbocycles. The normalized spacial score (nSPS) is 15.9. The summed E-state index contributed by atoms with van der Waals surface area (Å²) in [6, 6.07) is 6.16. The molecule has 12 heteroatoms. The van der Waals surface area contributed by atoms with Crippen molar-refractivity contribution >= 4 is 5.91 Å². The van der Waals surface area contributed by atoms with Crippen LogP contribution in [0.25, 0.3) is 11.5 Å². The van der Waals surface area contributed by atoms with Gasteiger partial charge >= 0.3 is 0 Å². The lowest BCUT2D eigenvalue weighted by Crippen LogP contribution is -2.38. The first-order chi connectivity index (χ1) is 19.2. The summed E-state index contributed by atoms with van der Waals surface area (Å²) >= 11 is 0. The molecule has 4 aromatic rings. The molecule has 1 aliphatic rings. The number of carbonyl (C=O) groups is 1. The van der Waals surface area contributed by atoms with Crippen LogP contribution in [0.4, 0.5) is 13.2 Å². The second-order valence-corrected chi connectivity index (χ2v) is 9.63. The van der Waals surface area contributed by atoms with E-state index < -0.39 is 46.4 Å². The highest BCUT2D eigenvalue weighted by molar-refractivity contribution is 5.96. The SMILES string of the molecule is CCC(c1cc(F)cc(F)c1)n1c(-c2ccn(CC)n2)nc(O)c(C(=O)N2CCC(c3cc(F)ccn3)C2)c1=O. The number of likely N-dealkylation sites (tertiary alicyclic amines) is 1. The van der Waals surface area contributed by atoms with Gasteiger partial charge < -0.3 is 10.0 Å². The van der Waals surface area contributed by atoms with Gasteiger partial charge in [0.1, 0.15) is 23.1 Å². The molecule has 1 amide bonds. The summed E-state index contributed by atoms with van der Waals surface area (Å²) in [6.45, 7) is 4.51. The molecule has 1 saturated heterocycles. The monoisotopic (exact) mass is 552 g/mol. The van der Waals surface area contributed by atoms with Gasteiger partial charge in [-0.3, -0.25) is 23.8 Å². The molecule has 1 aromatic carbocycles. The Hall–Kier alpha value is -4.48. The van der Waals surface area contributed by atoms with E-state index in [1.54, 1.807) is 23.9 Å². The van der Waals surface area contributed by atoms with E-state index in [0.29, 0.717) is 18.7 Å². The second kappa shape index (κ2) is 10.9. The van der Waals surface area contributed by atoms with Crippen LogP contribution < -0.4 is 5.56 Å². The maximum absolute atomic E-state index is 14.2. The zero-order chi connectivity index (χ0) is 28.6. The van der Waals surface area contributed by atoms with Crippen LogP contribution in [0.5, 0.6) is 5.88 Å². The van der Waals surface area contributed by atoms with E-state index in [4.69, 9.17) is 0 Å². The van der Waals surface area contributed by atoms with Gasteiger partial charge in [-0.05, 0) is 55.7 Å². The molecule has 5 rings (SSSR count). The summed E-state index contributed by atoms with van der Waals surface area (Å²) in [4.78, 5) is 37.4. The Morgan fingerprint density at radius 2 is 1.85 bits per heavy atom.